The number of carbonyl (C=O) groups excluding carboxylic acids is 2. The van der Waals surface area contributed by atoms with Gasteiger partial charge in [-0.05, 0) is 25.6 Å². The lowest BCUT2D eigenvalue weighted by molar-refractivity contribution is -0.147. The summed E-state index contributed by atoms with van der Waals surface area (Å²) >= 11 is 0. The van der Waals surface area contributed by atoms with Gasteiger partial charge in [0, 0.05) is 0 Å². The maximum atomic E-state index is 12.5. The molecule has 6 nitrogen and oxygen atoms in total. The molecule has 0 radical (unpaired) electrons. The van der Waals surface area contributed by atoms with Gasteiger partial charge in [0.2, 0.25) is 0 Å². The maximum Gasteiger partial charge on any atom is 0.321 e. The van der Waals surface area contributed by atoms with E-state index in [1.165, 1.54) is 14.2 Å². The van der Waals surface area contributed by atoms with Gasteiger partial charge >= 0.3 is 5.97 Å². The van der Waals surface area contributed by atoms with E-state index in [2.05, 4.69) is 5.32 Å². The van der Waals surface area contributed by atoms with E-state index in [4.69, 9.17) is 14.2 Å². The van der Waals surface area contributed by atoms with Crippen molar-refractivity contribution in [1.82, 2.24) is 5.32 Å². The van der Waals surface area contributed by atoms with E-state index in [0.717, 1.165) is 0 Å². The van der Waals surface area contributed by atoms with Gasteiger partial charge in [-0.25, -0.2) is 0 Å². The number of methoxy groups -OCH3 is 2. The van der Waals surface area contributed by atoms with Crippen LogP contribution in [0, 0.1) is 0 Å². The van der Waals surface area contributed by atoms with Crippen molar-refractivity contribution in [1.29, 1.82) is 0 Å². The SMILES string of the molecule is CCNCC(=O)C(C(=O)OCC)c1c(OC)cccc1OC. The number of benzene rings is 1. The van der Waals surface area contributed by atoms with Gasteiger partial charge in [-0.15, -0.1) is 0 Å². The highest BCUT2D eigenvalue weighted by molar-refractivity contribution is 6.06. The molecule has 0 saturated carbocycles. The Labute approximate surface area is 130 Å². The van der Waals surface area contributed by atoms with E-state index in [0.29, 0.717) is 23.6 Å². The number of likely N-dealkylation sites (N-methyl/N-ethyl adjacent to an activating group) is 1. The largest absolute Gasteiger partial charge is 0.496 e. The highest BCUT2D eigenvalue weighted by atomic mass is 16.5. The molecule has 1 aromatic carbocycles. The molecule has 0 aliphatic rings. The molecule has 1 unspecified atom stereocenters. The first kappa shape index (κ1) is 18.0. The molecule has 1 atom stereocenters. The molecule has 0 bridgehead atoms. The number of hydrogen-bond acceptors (Lipinski definition) is 6. The van der Waals surface area contributed by atoms with Gasteiger partial charge in [0.1, 0.15) is 17.4 Å². The number of esters is 1. The van der Waals surface area contributed by atoms with Gasteiger partial charge in [0.25, 0.3) is 0 Å². The van der Waals surface area contributed by atoms with Gasteiger partial charge in [0.05, 0.1) is 32.9 Å². The minimum absolute atomic E-state index is 0.0706. The van der Waals surface area contributed by atoms with Crippen LogP contribution in [0.3, 0.4) is 0 Å². The summed E-state index contributed by atoms with van der Waals surface area (Å²) in [4.78, 5) is 24.8. The molecule has 6 heteroatoms. The van der Waals surface area contributed by atoms with Gasteiger partial charge in [-0.3, -0.25) is 9.59 Å². The first-order chi connectivity index (χ1) is 10.6. The van der Waals surface area contributed by atoms with Crippen molar-refractivity contribution in [2.75, 3.05) is 33.9 Å². The fraction of sp³-hybridized carbons (Fsp3) is 0.500. The van der Waals surface area contributed by atoms with Crippen LogP contribution in [-0.2, 0) is 14.3 Å². The van der Waals surface area contributed by atoms with Crippen LogP contribution in [0.15, 0.2) is 18.2 Å². The van der Waals surface area contributed by atoms with Crippen LogP contribution in [0.2, 0.25) is 0 Å². The summed E-state index contributed by atoms with van der Waals surface area (Å²) in [5.41, 5.74) is 0.397. The van der Waals surface area contributed by atoms with Crippen molar-refractivity contribution in [2.24, 2.45) is 0 Å². The summed E-state index contributed by atoms with van der Waals surface area (Å²) in [7, 11) is 2.96. The lowest BCUT2D eigenvalue weighted by atomic mass is 9.92. The van der Waals surface area contributed by atoms with Crippen LogP contribution in [0.4, 0.5) is 0 Å². The number of carbonyl (C=O) groups is 2. The molecular weight excluding hydrogens is 286 g/mol. The third kappa shape index (κ3) is 4.21. The zero-order valence-electron chi connectivity index (χ0n) is 13.5. The lowest BCUT2D eigenvalue weighted by Gasteiger charge is -2.20. The Hall–Kier alpha value is -2.08. The summed E-state index contributed by atoms with van der Waals surface area (Å²) in [6.45, 7) is 4.48. The second kappa shape index (κ2) is 9.04. The Morgan fingerprint density at radius 2 is 1.73 bits per heavy atom. The molecule has 0 fully saturated rings. The Bertz CT molecular complexity index is 493. The minimum Gasteiger partial charge on any atom is -0.496 e. The average Bonchev–Trinajstić information content (AvgIpc) is 2.53. The molecule has 0 aromatic heterocycles. The summed E-state index contributed by atoms with van der Waals surface area (Å²) < 4.78 is 15.6. The Morgan fingerprint density at radius 1 is 1.14 bits per heavy atom. The number of ether oxygens (including phenoxy) is 3. The molecule has 0 amide bonds. The van der Waals surface area contributed by atoms with E-state index in [9.17, 15) is 9.59 Å². The van der Waals surface area contributed by atoms with Crippen LogP contribution in [0.5, 0.6) is 11.5 Å². The normalized spacial score (nSPS) is 11.6. The van der Waals surface area contributed by atoms with Gasteiger partial charge in [-0.2, -0.15) is 0 Å². The number of Topliss-reactive ketones (excluding diaryl/α,β-unsaturated/α-hetero) is 1. The number of hydrogen-bond donors (Lipinski definition) is 1. The lowest BCUT2D eigenvalue weighted by Crippen LogP contribution is -2.32. The smallest absolute Gasteiger partial charge is 0.321 e. The van der Waals surface area contributed by atoms with Gasteiger partial charge < -0.3 is 19.5 Å². The van der Waals surface area contributed by atoms with Crippen molar-refractivity contribution in [3.8, 4) is 11.5 Å². The molecule has 22 heavy (non-hydrogen) atoms. The molecule has 122 valence electrons. The van der Waals surface area contributed by atoms with Crippen LogP contribution < -0.4 is 14.8 Å². The zero-order chi connectivity index (χ0) is 16.5. The molecule has 1 aromatic rings. The Kier molecular flexibility index (Phi) is 7.39. The third-order valence-corrected chi connectivity index (χ3v) is 3.15. The second-order valence-corrected chi connectivity index (χ2v) is 4.51. The molecule has 0 heterocycles. The summed E-state index contributed by atoms with van der Waals surface area (Å²) in [6.07, 6.45) is 0. The van der Waals surface area contributed by atoms with Crippen LogP contribution in [0.25, 0.3) is 0 Å². The standard InChI is InChI=1S/C16H23NO5/c1-5-17-10-11(18)14(16(19)22-6-2)15-12(20-3)8-7-9-13(15)21-4/h7-9,14,17H,5-6,10H2,1-4H3. The van der Waals surface area contributed by atoms with E-state index in [1.54, 1.807) is 25.1 Å². The average molecular weight is 309 g/mol. The zero-order valence-corrected chi connectivity index (χ0v) is 13.5. The number of nitrogens with one attached hydrogen (secondary N) is 1. The van der Waals surface area contributed by atoms with Crippen LogP contribution in [-0.4, -0.2) is 45.7 Å². The highest BCUT2D eigenvalue weighted by Crippen LogP contribution is 2.36. The van der Waals surface area contributed by atoms with E-state index >= 15 is 0 Å². The summed E-state index contributed by atoms with van der Waals surface area (Å²) in [5, 5.41) is 2.93. The van der Waals surface area contributed by atoms with Crippen molar-refractivity contribution in [3.05, 3.63) is 23.8 Å². The first-order valence-electron chi connectivity index (χ1n) is 7.21. The number of rotatable bonds is 9. The third-order valence-electron chi connectivity index (χ3n) is 3.15. The van der Waals surface area contributed by atoms with Crippen LogP contribution in [0.1, 0.15) is 25.3 Å². The fourth-order valence-corrected chi connectivity index (χ4v) is 2.15. The topological polar surface area (TPSA) is 73.9 Å². The second-order valence-electron chi connectivity index (χ2n) is 4.51. The predicted octanol–water partition coefficient (Wildman–Crippen LogP) is 1.53. The molecular formula is C16H23NO5. The van der Waals surface area contributed by atoms with Gasteiger partial charge in [-0.1, -0.05) is 13.0 Å². The van der Waals surface area contributed by atoms with Gasteiger partial charge in [0.15, 0.2) is 5.78 Å². The molecule has 0 aliphatic carbocycles. The van der Waals surface area contributed by atoms with Crippen molar-refractivity contribution >= 4 is 11.8 Å². The van der Waals surface area contributed by atoms with E-state index in [1.807, 2.05) is 6.92 Å². The quantitative estimate of drug-likeness (QED) is 0.551. The molecule has 1 rings (SSSR count). The Morgan fingerprint density at radius 3 is 2.18 bits per heavy atom. The minimum atomic E-state index is -1.08. The molecule has 0 aliphatic heterocycles. The molecule has 0 saturated heterocycles. The van der Waals surface area contributed by atoms with Crippen molar-refractivity contribution in [3.63, 3.8) is 0 Å². The first-order valence-corrected chi connectivity index (χ1v) is 7.21. The number of ketones is 1. The monoisotopic (exact) mass is 309 g/mol. The van der Waals surface area contributed by atoms with Crippen LogP contribution >= 0.6 is 0 Å². The molecule has 1 N–H and O–H groups in total. The van der Waals surface area contributed by atoms with Crippen molar-refractivity contribution in [2.45, 2.75) is 19.8 Å². The Balaban J connectivity index is 3.31. The maximum absolute atomic E-state index is 12.5. The fourth-order valence-electron chi connectivity index (χ4n) is 2.15. The summed E-state index contributed by atoms with van der Waals surface area (Å²) in [5.74, 6) is -1.13. The van der Waals surface area contributed by atoms with Crippen molar-refractivity contribution < 1.29 is 23.8 Å². The summed E-state index contributed by atoms with van der Waals surface area (Å²) in [6, 6.07) is 5.10. The van der Waals surface area contributed by atoms with E-state index < -0.39 is 11.9 Å². The van der Waals surface area contributed by atoms with E-state index in [-0.39, 0.29) is 18.9 Å². The molecule has 0 spiro atoms. The highest BCUT2D eigenvalue weighted by Gasteiger charge is 2.34. The predicted molar refractivity (Wildman–Crippen MR) is 82.5 cm³/mol.